The van der Waals surface area contributed by atoms with Gasteiger partial charge >= 0.3 is 6.18 Å². The molecule has 1 rings (SSSR count). The van der Waals surface area contributed by atoms with Gasteiger partial charge in [-0.05, 0) is 15.9 Å². The average molecular weight is 399 g/mol. The Labute approximate surface area is 128 Å². The highest BCUT2D eigenvalue weighted by Gasteiger charge is 2.29. The van der Waals surface area contributed by atoms with E-state index >= 15 is 0 Å². The highest BCUT2D eigenvalue weighted by molar-refractivity contribution is 9.09. The molecule has 0 aromatic carbocycles. The van der Waals surface area contributed by atoms with E-state index in [1.165, 1.54) is 0 Å². The number of hydrogen-bond donors (Lipinski definition) is 0. The first-order chi connectivity index (χ1) is 9.69. The van der Waals surface area contributed by atoms with Gasteiger partial charge in [0.15, 0.2) is 17.9 Å². The molecule has 11 heteroatoms. The van der Waals surface area contributed by atoms with Crippen molar-refractivity contribution in [2.45, 2.75) is 28.6 Å². The van der Waals surface area contributed by atoms with Gasteiger partial charge in [0.25, 0.3) is 0 Å². The molecule has 0 N–H and O–H groups in total. The first kappa shape index (κ1) is 18.3. The molecule has 0 radical (unpaired) electrons. The molecular weight excluding hydrogens is 390 g/mol. The van der Waals surface area contributed by atoms with Crippen LogP contribution >= 0.6 is 27.7 Å². The second-order valence-electron chi connectivity index (χ2n) is 3.70. The van der Waals surface area contributed by atoms with Crippen LogP contribution in [0.1, 0.15) is 0 Å². The van der Waals surface area contributed by atoms with E-state index in [0.29, 0.717) is 11.8 Å². The predicted molar refractivity (Wildman–Crippen MR) is 67.9 cm³/mol. The second kappa shape index (κ2) is 8.06. The van der Waals surface area contributed by atoms with Crippen LogP contribution in [0.3, 0.4) is 0 Å². The Morgan fingerprint density at radius 2 is 1.90 bits per heavy atom. The van der Waals surface area contributed by atoms with Gasteiger partial charge in [-0.15, -0.1) is 11.8 Å². The Morgan fingerprint density at radius 3 is 2.48 bits per heavy atom. The monoisotopic (exact) mass is 398 g/mol. The van der Waals surface area contributed by atoms with Crippen LogP contribution in [0.5, 0.6) is 5.88 Å². The SMILES string of the molecule is FC(Br)C(F)C(F)CSc1cc(OCC(F)(F)F)ncn1. The number of rotatable bonds is 7. The van der Waals surface area contributed by atoms with Crippen molar-refractivity contribution in [1.82, 2.24) is 9.97 Å². The number of halogens is 7. The molecule has 0 spiro atoms. The average Bonchev–Trinajstić information content (AvgIpc) is 2.41. The summed E-state index contributed by atoms with van der Waals surface area (Å²) in [5.74, 6) is -0.802. The standard InChI is InChI=1S/C10H9BrF6N2OS/c11-9(14)8(13)5(12)2-21-7-1-6(18-4-19-7)20-3-10(15,16)17/h1,4-5,8-9H,2-3H2. The number of nitrogens with zero attached hydrogens (tertiary/aromatic N) is 2. The molecule has 1 aromatic rings. The first-order valence-electron chi connectivity index (χ1n) is 5.39. The van der Waals surface area contributed by atoms with Crippen molar-refractivity contribution in [3.8, 4) is 5.88 Å². The fourth-order valence-corrected chi connectivity index (χ4v) is 2.20. The molecule has 0 aliphatic heterocycles. The molecule has 1 aromatic heterocycles. The molecule has 0 amide bonds. The van der Waals surface area contributed by atoms with Gasteiger partial charge in [0, 0.05) is 11.8 Å². The molecule has 1 heterocycles. The summed E-state index contributed by atoms with van der Waals surface area (Å²) in [6.45, 7) is -1.53. The van der Waals surface area contributed by atoms with Gasteiger partial charge < -0.3 is 4.74 Å². The zero-order valence-corrected chi connectivity index (χ0v) is 12.6. The summed E-state index contributed by atoms with van der Waals surface area (Å²) >= 11 is 2.98. The summed E-state index contributed by atoms with van der Waals surface area (Å²) in [6, 6.07) is 1.05. The summed E-state index contributed by atoms with van der Waals surface area (Å²) < 4.78 is 78.9. The molecule has 0 fully saturated rings. The largest absolute Gasteiger partial charge is 0.468 e. The molecule has 0 saturated heterocycles. The topological polar surface area (TPSA) is 35.0 Å². The third-order valence-electron chi connectivity index (χ3n) is 1.98. The fraction of sp³-hybridized carbons (Fsp3) is 0.600. The van der Waals surface area contributed by atoms with Crippen molar-refractivity contribution < 1.29 is 31.1 Å². The summed E-state index contributed by atoms with van der Waals surface area (Å²) in [4.78, 5) is 7.11. The molecule has 0 saturated carbocycles. The molecule has 0 bridgehead atoms. The maximum atomic E-state index is 13.2. The van der Waals surface area contributed by atoms with Gasteiger partial charge in [-0.1, -0.05) is 0 Å². The molecule has 3 atom stereocenters. The lowest BCUT2D eigenvalue weighted by atomic mass is 10.3. The van der Waals surface area contributed by atoms with Crippen molar-refractivity contribution in [2.24, 2.45) is 0 Å². The maximum Gasteiger partial charge on any atom is 0.422 e. The van der Waals surface area contributed by atoms with Gasteiger partial charge in [0.2, 0.25) is 5.88 Å². The van der Waals surface area contributed by atoms with E-state index in [9.17, 15) is 26.3 Å². The van der Waals surface area contributed by atoms with Gasteiger partial charge in [-0.25, -0.2) is 23.1 Å². The highest BCUT2D eigenvalue weighted by Crippen LogP contribution is 2.25. The van der Waals surface area contributed by atoms with E-state index < -0.39 is 36.0 Å². The predicted octanol–water partition coefficient (Wildman–Crippen LogP) is 3.88. The minimum absolute atomic E-state index is 0.0852. The second-order valence-corrected chi connectivity index (χ2v) is 5.62. The van der Waals surface area contributed by atoms with Gasteiger partial charge in [-0.3, -0.25) is 0 Å². The Hall–Kier alpha value is -0.710. The van der Waals surface area contributed by atoms with E-state index in [1.54, 1.807) is 0 Å². The van der Waals surface area contributed by atoms with E-state index in [0.717, 1.165) is 12.4 Å². The van der Waals surface area contributed by atoms with E-state index in [4.69, 9.17) is 0 Å². The smallest absolute Gasteiger partial charge is 0.422 e. The minimum Gasteiger partial charge on any atom is -0.468 e. The molecule has 21 heavy (non-hydrogen) atoms. The highest BCUT2D eigenvalue weighted by atomic mass is 79.9. The van der Waals surface area contributed by atoms with Crippen molar-refractivity contribution in [2.75, 3.05) is 12.4 Å². The van der Waals surface area contributed by atoms with E-state index in [-0.39, 0.29) is 10.9 Å². The van der Waals surface area contributed by atoms with Crippen LogP contribution in [-0.2, 0) is 0 Å². The molecule has 120 valence electrons. The number of alkyl halides is 7. The Balaban J connectivity index is 2.53. The van der Waals surface area contributed by atoms with Gasteiger partial charge in [0.1, 0.15) is 17.5 Å². The molecule has 3 nitrogen and oxygen atoms in total. The quantitative estimate of drug-likeness (QED) is 0.302. The zero-order chi connectivity index (χ0) is 16.0. The van der Waals surface area contributed by atoms with Crippen LogP contribution < -0.4 is 4.74 Å². The zero-order valence-electron chi connectivity index (χ0n) is 10.2. The lowest BCUT2D eigenvalue weighted by Crippen LogP contribution is -2.26. The summed E-state index contributed by atoms with van der Waals surface area (Å²) in [7, 11) is 0. The number of hydrogen-bond acceptors (Lipinski definition) is 4. The molecule has 3 unspecified atom stereocenters. The van der Waals surface area contributed by atoms with Crippen molar-refractivity contribution >= 4 is 27.7 Å². The lowest BCUT2D eigenvalue weighted by molar-refractivity contribution is -0.154. The van der Waals surface area contributed by atoms with Crippen molar-refractivity contribution in [3.05, 3.63) is 12.4 Å². The van der Waals surface area contributed by atoms with Crippen LogP contribution in [0.2, 0.25) is 0 Å². The normalized spacial score (nSPS) is 16.3. The van der Waals surface area contributed by atoms with Crippen molar-refractivity contribution in [3.63, 3.8) is 0 Å². The van der Waals surface area contributed by atoms with E-state index in [1.807, 2.05) is 0 Å². The van der Waals surface area contributed by atoms with Crippen LogP contribution in [0.25, 0.3) is 0 Å². The van der Waals surface area contributed by atoms with Crippen LogP contribution in [0.4, 0.5) is 26.3 Å². The maximum absolute atomic E-state index is 13.2. The lowest BCUT2D eigenvalue weighted by Gasteiger charge is -2.13. The Bertz CT molecular complexity index is 450. The third kappa shape index (κ3) is 7.21. The molecule has 0 aliphatic carbocycles. The van der Waals surface area contributed by atoms with E-state index in [2.05, 4.69) is 30.6 Å². The van der Waals surface area contributed by atoms with Crippen LogP contribution in [0, 0.1) is 0 Å². The number of thioether (sulfide) groups is 1. The van der Waals surface area contributed by atoms with Gasteiger partial charge in [0.05, 0.1) is 0 Å². The first-order valence-corrected chi connectivity index (χ1v) is 7.30. The summed E-state index contributed by atoms with van der Waals surface area (Å²) in [5, 5.41) is -2.05. The van der Waals surface area contributed by atoms with Crippen molar-refractivity contribution in [1.29, 1.82) is 0 Å². The summed E-state index contributed by atoms with van der Waals surface area (Å²) in [6.07, 6.45) is -8.04. The Kier molecular flexibility index (Phi) is 7.04. The summed E-state index contributed by atoms with van der Waals surface area (Å²) in [5.41, 5.74) is 0. The van der Waals surface area contributed by atoms with Crippen LogP contribution in [0.15, 0.2) is 17.4 Å². The Morgan fingerprint density at radius 1 is 1.24 bits per heavy atom. The van der Waals surface area contributed by atoms with Crippen LogP contribution in [-0.4, -0.2) is 45.9 Å². The number of ether oxygens (including phenoxy) is 1. The molecule has 0 aliphatic rings. The third-order valence-corrected chi connectivity index (χ3v) is 3.49. The minimum atomic E-state index is -4.52. The van der Waals surface area contributed by atoms with Gasteiger partial charge in [-0.2, -0.15) is 13.2 Å². The fourth-order valence-electron chi connectivity index (χ4n) is 1.05. The number of aromatic nitrogens is 2. The molecular formula is C10H9BrF6N2OS.